The van der Waals surface area contributed by atoms with Gasteiger partial charge in [-0.15, -0.1) is 0 Å². The van der Waals surface area contributed by atoms with Crippen LogP contribution in [0.3, 0.4) is 0 Å². The zero-order valence-corrected chi connectivity index (χ0v) is 9.47. The van der Waals surface area contributed by atoms with E-state index in [0.29, 0.717) is 11.7 Å². The zero-order valence-electron chi connectivity index (χ0n) is 9.47. The molecule has 0 radical (unpaired) electrons. The van der Waals surface area contributed by atoms with Gasteiger partial charge in [-0.25, -0.2) is 0 Å². The van der Waals surface area contributed by atoms with Crippen molar-refractivity contribution >= 4 is 5.69 Å². The van der Waals surface area contributed by atoms with E-state index < -0.39 is 0 Å². The first-order valence-electron chi connectivity index (χ1n) is 5.84. The van der Waals surface area contributed by atoms with Crippen molar-refractivity contribution in [3.8, 4) is 11.3 Å². The molecule has 1 aromatic carbocycles. The number of anilines is 1. The Kier molecular flexibility index (Phi) is 2.25. The van der Waals surface area contributed by atoms with Gasteiger partial charge < -0.3 is 10.3 Å². The molecule has 2 N–H and O–H groups in total. The van der Waals surface area contributed by atoms with E-state index in [4.69, 9.17) is 5.73 Å². The predicted molar refractivity (Wildman–Crippen MR) is 68.8 cm³/mol. The lowest BCUT2D eigenvalue weighted by Gasteiger charge is -2.12. The summed E-state index contributed by atoms with van der Waals surface area (Å²) in [5.74, 6) is 0. The Bertz CT molecular complexity index is 597. The van der Waals surface area contributed by atoms with E-state index in [-0.39, 0.29) is 5.56 Å². The molecule has 2 aromatic rings. The quantitative estimate of drug-likeness (QED) is 0.855. The smallest absolute Gasteiger partial charge is 0.274 e. The van der Waals surface area contributed by atoms with Gasteiger partial charge in [0.25, 0.3) is 5.56 Å². The monoisotopic (exact) mass is 226 g/mol. The van der Waals surface area contributed by atoms with Gasteiger partial charge in [0, 0.05) is 6.04 Å². The minimum atomic E-state index is -0.0612. The fourth-order valence-electron chi connectivity index (χ4n) is 2.11. The Labute approximate surface area is 99.5 Å². The molecule has 1 heterocycles. The van der Waals surface area contributed by atoms with Crippen LogP contribution in [-0.2, 0) is 0 Å². The van der Waals surface area contributed by atoms with Gasteiger partial charge in [-0.1, -0.05) is 30.3 Å². The summed E-state index contributed by atoms with van der Waals surface area (Å²) in [6.45, 7) is 0. The van der Waals surface area contributed by atoms with E-state index in [2.05, 4.69) is 0 Å². The highest BCUT2D eigenvalue weighted by Gasteiger charge is 2.27. The molecule has 0 saturated heterocycles. The third kappa shape index (κ3) is 1.73. The molecule has 0 spiro atoms. The summed E-state index contributed by atoms with van der Waals surface area (Å²) in [6, 6.07) is 13.9. The number of nitrogens with zero attached hydrogens (tertiary/aromatic N) is 1. The summed E-state index contributed by atoms with van der Waals surface area (Å²) in [5, 5.41) is 0. The first-order valence-corrected chi connectivity index (χ1v) is 5.84. The fraction of sp³-hybridized carbons (Fsp3) is 0.214. The van der Waals surface area contributed by atoms with Crippen LogP contribution < -0.4 is 11.3 Å². The minimum absolute atomic E-state index is 0.0612. The van der Waals surface area contributed by atoms with Crippen LogP contribution in [0.15, 0.2) is 47.3 Å². The molecule has 1 fully saturated rings. The molecule has 1 aliphatic carbocycles. The molecular formula is C14H14N2O. The summed E-state index contributed by atoms with van der Waals surface area (Å²) in [6.07, 6.45) is 2.15. The topological polar surface area (TPSA) is 48.0 Å². The zero-order chi connectivity index (χ0) is 11.8. The van der Waals surface area contributed by atoms with Crippen molar-refractivity contribution in [1.29, 1.82) is 0 Å². The Hall–Kier alpha value is -2.03. The van der Waals surface area contributed by atoms with E-state index in [9.17, 15) is 4.79 Å². The van der Waals surface area contributed by atoms with Crippen LogP contribution in [0.25, 0.3) is 11.3 Å². The number of rotatable bonds is 2. The van der Waals surface area contributed by atoms with Crippen molar-refractivity contribution in [2.75, 3.05) is 5.73 Å². The van der Waals surface area contributed by atoms with Crippen LogP contribution in [0.2, 0.25) is 0 Å². The van der Waals surface area contributed by atoms with Gasteiger partial charge in [0.05, 0.1) is 11.4 Å². The molecule has 3 heteroatoms. The number of benzene rings is 1. The third-order valence-electron chi connectivity index (χ3n) is 3.13. The second-order valence-corrected chi connectivity index (χ2v) is 4.45. The molecule has 1 saturated carbocycles. The normalized spacial score (nSPS) is 14.8. The van der Waals surface area contributed by atoms with Crippen LogP contribution in [-0.4, -0.2) is 4.57 Å². The van der Waals surface area contributed by atoms with Crippen molar-refractivity contribution in [3.05, 3.63) is 52.8 Å². The van der Waals surface area contributed by atoms with Crippen molar-refractivity contribution in [2.45, 2.75) is 18.9 Å². The van der Waals surface area contributed by atoms with Crippen LogP contribution >= 0.6 is 0 Å². The van der Waals surface area contributed by atoms with E-state index in [1.165, 1.54) is 0 Å². The van der Waals surface area contributed by atoms with Gasteiger partial charge in [0.2, 0.25) is 0 Å². The third-order valence-corrected chi connectivity index (χ3v) is 3.13. The van der Waals surface area contributed by atoms with E-state index >= 15 is 0 Å². The maximum absolute atomic E-state index is 12.1. The molecule has 0 bridgehead atoms. The second-order valence-electron chi connectivity index (χ2n) is 4.45. The SMILES string of the molecule is Nc1ccc(-c2ccccc2)n(C2CC2)c1=O. The number of nitrogens with two attached hydrogens (primary N) is 1. The predicted octanol–water partition coefficient (Wildman–Crippen LogP) is 2.43. The molecule has 86 valence electrons. The Morgan fingerprint density at radius 3 is 2.41 bits per heavy atom. The molecule has 1 aliphatic rings. The number of nitrogen functional groups attached to an aromatic ring is 1. The Morgan fingerprint density at radius 2 is 1.76 bits per heavy atom. The highest BCUT2D eigenvalue weighted by molar-refractivity contribution is 5.61. The average Bonchev–Trinajstić information content (AvgIpc) is 3.18. The second kappa shape index (κ2) is 3.77. The summed E-state index contributed by atoms with van der Waals surface area (Å²) in [7, 11) is 0. The number of hydrogen-bond donors (Lipinski definition) is 1. The maximum Gasteiger partial charge on any atom is 0.274 e. The van der Waals surface area contributed by atoms with Gasteiger partial charge in [0.15, 0.2) is 0 Å². The molecular weight excluding hydrogens is 212 g/mol. The Morgan fingerprint density at radius 1 is 1.06 bits per heavy atom. The largest absolute Gasteiger partial charge is 0.394 e. The number of pyridine rings is 1. The van der Waals surface area contributed by atoms with Gasteiger partial charge in [0.1, 0.15) is 0 Å². The summed E-state index contributed by atoms with van der Waals surface area (Å²) in [5.41, 5.74) is 8.00. The van der Waals surface area contributed by atoms with Crippen molar-refractivity contribution in [2.24, 2.45) is 0 Å². The summed E-state index contributed by atoms with van der Waals surface area (Å²) < 4.78 is 1.84. The molecule has 3 nitrogen and oxygen atoms in total. The summed E-state index contributed by atoms with van der Waals surface area (Å²) in [4.78, 5) is 12.1. The van der Waals surface area contributed by atoms with E-state index in [0.717, 1.165) is 24.1 Å². The molecule has 1 aromatic heterocycles. The van der Waals surface area contributed by atoms with Crippen molar-refractivity contribution < 1.29 is 0 Å². The van der Waals surface area contributed by atoms with E-state index in [1.807, 2.05) is 41.0 Å². The first kappa shape index (κ1) is 10.1. The Balaban J connectivity index is 2.23. The van der Waals surface area contributed by atoms with Crippen LogP contribution in [0.4, 0.5) is 5.69 Å². The highest BCUT2D eigenvalue weighted by Crippen LogP contribution is 2.37. The minimum Gasteiger partial charge on any atom is -0.394 e. The highest BCUT2D eigenvalue weighted by atomic mass is 16.1. The van der Waals surface area contributed by atoms with Gasteiger partial charge >= 0.3 is 0 Å². The number of aromatic nitrogens is 1. The van der Waals surface area contributed by atoms with Crippen molar-refractivity contribution in [1.82, 2.24) is 4.57 Å². The molecule has 0 amide bonds. The van der Waals surface area contributed by atoms with Crippen LogP contribution in [0.1, 0.15) is 18.9 Å². The lowest BCUT2D eigenvalue weighted by atomic mass is 10.1. The molecule has 17 heavy (non-hydrogen) atoms. The van der Waals surface area contributed by atoms with Gasteiger partial charge in [-0.2, -0.15) is 0 Å². The molecule has 3 rings (SSSR count). The molecule has 0 atom stereocenters. The fourth-order valence-corrected chi connectivity index (χ4v) is 2.11. The lowest BCUT2D eigenvalue weighted by Crippen LogP contribution is -2.23. The summed E-state index contributed by atoms with van der Waals surface area (Å²) >= 11 is 0. The lowest BCUT2D eigenvalue weighted by molar-refractivity contribution is 0.718. The van der Waals surface area contributed by atoms with Crippen molar-refractivity contribution in [3.63, 3.8) is 0 Å². The van der Waals surface area contributed by atoms with E-state index in [1.54, 1.807) is 6.07 Å². The van der Waals surface area contributed by atoms with Crippen LogP contribution in [0.5, 0.6) is 0 Å². The number of hydrogen-bond acceptors (Lipinski definition) is 2. The first-order chi connectivity index (χ1) is 8.27. The maximum atomic E-state index is 12.1. The van der Waals surface area contributed by atoms with Gasteiger partial charge in [-0.05, 0) is 30.5 Å². The average molecular weight is 226 g/mol. The van der Waals surface area contributed by atoms with Gasteiger partial charge in [-0.3, -0.25) is 4.79 Å². The van der Waals surface area contributed by atoms with Crippen LogP contribution in [0, 0.1) is 0 Å². The molecule has 0 unspecified atom stereocenters. The molecule has 0 aliphatic heterocycles. The standard InChI is InChI=1S/C14H14N2O/c15-12-8-9-13(10-4-2-1-3-5-10)16(14(12)17)11-6-7-11/h1-5,8-9,11H,6-7,15H2.